The second-order valence-corrected chi connectivity index (χ2v) is 4.39. The van der Waals surface area contributed by atoms with Crippen LogP contribution < -0.4 is 4.90 Å². The predicted molar refractivity (Wildman–Crippen MR) is 73.6 cm³/mol. The van der Waals surface area contributed by atoms with Gasteiger partial charge < -0.3 is 4.90 Å². The van der Waals surface area contributed by atoms with Gasteiger partial charge in [0.1, 0.15) is 17.5 Å². The van der Waals surface area contributed by atoms with Crippen molar-refractivity contribution in [1.82, 2.24) is 14.8 Å². The van der Waals surface area contributed by atoms with Crippen LogP contribution in [0.2, 0.25) is 0 Å². The van der Waals surface area contributed by atoms with Crippen LogP contribution in [-0.4, -0.2) is 21.3 Å². The van der Waals surface area contributed by atoms with Crippen LogP contribution in [0.4, 0.5) is 5.82 Å². The summed E-state index contributed by atoms with van der Waals surface area (Å²) in [5.41, 5.74) is 2.59. The molecule has 19 heavy (non-hydrogen) atoms. The molecule has 98 valence electrons. The Morgan fingerprint density at radius 3 is 2.63 bits per heavy atom. The van der Waals surface area contributed by atoms with Gasteiger partial charge in [0.15, 0.2) is 0 Å². The second-order valence-electron chi connectivity index (χ2n) is 4.39. The summed E-state index contributed by atoms with van der Waals surface area (Å²) in [5, 5.41) is 13.6. The molecule has 0 amide bonds. The van der Waals surface area contributed by atoms with E-state index in [2.05, 4.69) is 28.0 Å². The van der Waals surface area contributed by atoms with Crippen molar-refractivity contribution < 1.29 is 0 Å². The molecule has 0 bridgehead atoms. The Bertz CT molecular complexity index is 594. The van der Waals surface area contributed by atoms with Gasteiger partial charge in [0.05, 0.1) is 5.69 Å². The molecule has 0 aliphatic carbocycles. The van der Waals surface area contributed by atoms with Crippen LogP contribution in [0.25, 0.3) is 0 Å². The van der Waals surface area contributed by atoms with E-state index in [4.69, 9.17) is 0 Å². The van der Waals surface area contributed by atoms with Gasteiger partial charge in [-0.1, -0.05) is 0 Å². The van der Waals surface area contributed by atoms with Gasteiger partial charge in [-0.05, 0) is 31.5 Å². The maximum atomic E-state index is 9.28. The molecule has 0 aliphatic heterocycles. The van der Waals surface area contributed by atoms with Crippen molar-refractivity contribution in [2.45, 2.75) is 20.4 Å². The van der Waals surface area contributed by atoms with Crippen molar-refractivity contribution in [2.75, 3.05) is 11.4 Å². The van der Waals surface area contributed by atoms with E-state index < -0.39 is 0 Å². The number of anilines is 1. The highest BCUT2D eigenvalue weighted by atomic mass is 15.4. The van der Waals surface area contributed by atoms with Crippen LogP contribution >= 0.6 is 0 Å². The minimum Gasteiger partial charge on any atom is -0.352 e. The highest BCUT2D eigenvalue weighted by molar-refractivity contribution is 5.57. The monoisotopic (exact) mass is 255 g/mol. The Morgan fingerprint density at radius 2 is 2.05 bits per heavy atom. The van der Waals surface area contributed by atoms with E-state index in [-0.39, 0.29) is 0 Å². The third-order valence-corrected chi connectivity index (χ3v) is 3.11. The van der Waals surface area contributed by atoms with Gasteiger partial charge in [-0.3, -0.25) is 9.67 Å². The lowest BCUT2D eigenvalue weighted by Crippen LogP contribution is -2.25. The molecule has 2 rings (SSSR count). The molecule has 0 aliphatic rings. The standard InChI is InChI=1S/C14H17N5/c1-4-19(10-12-5-7-16-8-6-12)14-13(9-15)11(2)17-18(14)3/h5-8H,4,10H2,1-3H3. The number of hydrogen-bond acceptors (Lipinski definition) is 4. The Morgan fingerprint density at radius 1 is 1.37 bits per heavy atom. The molecule has 0 spiro atoms. The fourth-order valence-corrected chi connectivity index (χ4v) is 2.18. The number of rotatable bonds is 4. The van der Waals surface area contributed by atoms with Gasteiger partial charge in [-0.25, -0.2) is 0 Å². The molecule has 0 unspecified atom stereocenters. The molecule has 2 aromatic rings. The average Bonchev–Trinajstić information content (AvgIpc) is 2.71. The molecular formula is C14H17N5. The molecule has 0 N–H and O–H groups in total. The number of aromatic nitrogens is 3. The van der Waals surface area contributed by atoms with Gasteiger partial charge >= 0.3 is 0 Å². The highest BCUT2D eigenvalue weighted by Crippen LogP contribution is 2.23. The van der Waals surface area contributed by atoms with Crippen LogP contribution in [0, 0.1) is 18.3 Å². The molecule has 0 atom stereocenters. The minimum atomic E-state index is 0.651. The van der Waals surface area contributed by atoms with E-state index in [0.717, 1.165) is 24.6 Å². The number of hydrogen-bond donors (Lipinski definition) is 0. The molecule has 5 nitrogen and oxygen atoms in total. The summed E-state index contributed by atoms with van der Waals surface area (Å²) < 4.78 is 1.78. The topological polar surface area (TPSA) is 57.7 Å². The van der Waals surface area contributed by atoms with E-state index in [1.54, 1.807) is 17.1 Å². The third-order valence-electron chi connectivity index (χ3n) is 3.11. The minimum absolute atomic E-state index is 0.651. The maximum absolute atomic E-state index is 9.28. The number of pyridine rings is 1. The first-order chi connectivity index (χ1) is 9.17. The molecule has 0 radical (unpaired) electrons. The zero-order valence-electron chi connectivity index (χ0n) is 11.5. The molecule has 0 fully saturated rings. The number of aryl methyl sites for hydroxylation is 2. The zero-order chi connectivity index (χ0) is 13.8. The number of nitrogens with zero attached hydrogens (tertiary/aromatic N) is 5. The van der Waals surface area contributed by atoms with E-state index in [1.807, 2.05) is 26.1 Å². The van der Waals surface area contributed by atoms with Crippen LogP contribution in [0.1, 0.15) is 23.7 Å². The van der Waals surface area contributed by atoms with E-state index in [0.29, 0.717) is 5.56 Å². The van der Waals surface area contributed by atoms with Crippen LogP contribution in [-0.2, 0) is 13.6 Å². The summed E-state index contributed by atoms with van der Waals surface area (Å²) in [7, 11) is 1.87. The molecule has 0 saturated heterocycles. The summed E-state index contributed by atoms with van der Waals surface area (Å²) in [4.78, 5) is 6.16. The van der Waals surface area contributed by atoms with Crippen LogP contribution in [0.15, 0.2) is 24.5 Å². The predicted octanol–water partition coefficient (Wildman–Crippen LogP) is 2.02. The smallest absolute Gasteiger partial charge is 0.145 e. The molecule has 2 heterocycles. The van der Waals surface area contributed by atoms with Crippen molar-refractivity contribution >= 4 is 5.82 Å². The molecule has 0 saturated carbocycles. The lowest BCUT2D eigenvalue weighted by atomic mass is 10.2. The summed E-state index contributed by atoms with van der Waals surface area (Å²) >= 11 is 0. The highest BCUT2D eigenvalue weighted by Gasteiger charge is 2.18. The van der Waals surface area contributed by atoms with Crippen molar-refractivity contribution in [2.24, 2.45) is 7.05 Å². The SMILES string of the molecule is CCN(Cc1ccncc1)c1c(C#N)c(C)nn1C. The number of nitriles is 1. The Labute approximate surface area is 113 Å². The molecular weight excluding hydrogens is 238 g/mol. The zero-order valence-corrected chi connectivity index (χ0v) is 11.5. The quantitative estimate of drug-likeness (QED) is 0.838. The summed E-state index contributed by atoms with van der Waals surface area (Å²) in [5.74, 6) is 0.874. The van der Waals surface area contributed by atoms with Crippen LogP contribution in [0.5, 0.6) is 0 Å². The third kappa shape index (κ3) is 2.58. The fourth-order valence-electron chi connectivity index (χ4n) is 2.18. The van der Waals surface area contributed by atoms with Gasteiger partial charge in [0, 0.05) is 32.5 Å². The Kier molecular flexibility index (Phi) is 3.81. The van der Waals surface area contributed by atoms with Gasteiger partial charge in [0.25, 0.3) is 0 Å². The Hall–Kier alpha value is -2.35. The first kappa shape index (κ1) is 13.1. The first-order valence-corrected chi connectivity index (χ1v) is 6.25. The maximum Gasteiger partial charge on any atom is 0.145 e. The van der Waals surface area contributed by atoms with Crippen molar-refractivity contribution in [1.29, 1.82) is 5.26 Å². The summed E-state index contributed by atoms with van der Waals surface area (Å²) in [6.45, 7) is 5.50. The molecule has 5 heteroatoms. The van der Waals surface area contributed by atoms with Crippen molar-refractivity contribution in [3.05, 3.63) is 41.3 Å². The molecule has 0 aromatic carbocycles. The van der Waals surface area contributed by atoms with Gasteiger partial charge in [-0.2, -0.15) is 10.4 Å². The summed E-state index contributed by atoms with van der Waals surface area (Å²) in [6, 6.07) is 6.22. The normalized spacial score (nSPS) is 10.2. The van der Waals surface area contributed by atoms with E-state index >= 15 is 0 Å². The van der Waals surface area contributed by atoms with E-state index in [9.17, 15) is 5.26 Å². The fraction of sp³-hybridized carbons (Fsp3) is 0.357. The van der Waals surface area contributed by atoms with Crippen molar-refractivity contribution in [3.63, 3.8) is 0 Å². The lowest BCUT2D eigenvalue weighted by Gasteiger charge is -2.23. The lowest BCUT2D eigenvalue weighted by molar-refractivity contribution is 0.705. The van der Waals surface area contributed by atoms with Crippen molar-refractivity contribution in [3.8, 4) is 6.07 Å². The van der Waals surface area contributed by atoms with E-state index in [1.165, 1.54) is 5.56 Å². The first-order valence-electron chi connectivity index (χ1n) is 6.25. The average molecular weight is 255 g/mol. The molecule has 2 aromatic heterocycles. The second kappa shape index (κ2) is 5.53. The summed E-state index contributed by atoms with van der Waals surface area (Å²) in [6.07, 6.45) is 3.56. The largest absolute Gasteiger partial charge is 0.352 e. The van der Waals surface area contributed by atoms with Gasteiger partial charge in [-0.15, -0.1) is 0 Å². The van der Waals surface area contributed by atoms with Crippen LogP contribution in [0.3, 0.4) is 0 Å². The Balaban J connectivity index is 2.36. The van der Waals surface area contributed by atoms with Gasteiger partial charge in [0.2, 0.25) is 0 Å².